The Labute approximate surface area is 135 Å². The first-order chi connectivity index (χ1) is 11.4. The summed E-state index contributed by atoms with van der Waals surface area (Å²) >= 11 is 0. The fourth-order valence-electron chi connectivity index (χ4n) is 2.49. The average molecular weight is 334 g/mol. The second-order valence-corrected chi connectivity index (χ2v) is 5.34. The van der Waals surface area contributed by atoms with Gasteiger partial charge in [-0.1, -0.05) is 6.92 Å². The highest BCUT2D eigenvalue weighted by molar-refractivity contribution is 5.98. The number of benzene rings is 1. The molecule has 1 aromatic carbocycles. The van der Waals surface area contributed by atoms with E-state index in [4.69, 9.17) is 4.74 Å². The second-order valence-electron chi connectivity index (χ2n) is 5.34. The van der Waals surface area contributed by atoms with Crippen LogP contribution in [0.4, 0.5) is 10.1 Å². The summed E-state index contributed by atoms with van der Waals surface area (Å²) in [6.07, 6.45) is 1.63. The highest BCUT2D eigenvalue weighted by Crippen LogP contribution is 2.35. The van der Waals surface area contributed by atoms with E-state index in [2.05, 4.69) is 5.10 Å². The largest absolute Gasteiger partial charge is 0.481 e. The van der Waals surface area contributed by atoms with Crippen molar-refractivity contribution in [3.05, 3.63) is 45.0 Å². The molecule has 9 heteroatoms. The Kier molecular flexibility index (Phi) is 3.92. The van der Waals surface area contributed by atoms with E-state index in [-0.39, 0.29) is 24.0 Å². The number of rotatable bonds is 3. The first kappa shape index (κ1) is 15.9. The third-order valence-corrected chi connectivity index (χ3v) is 3.73. The molecule has 1 amide bonds. The topological polar surface area (TPSA) is 86.4 Å². The predicted octanol–water partition coefficient (Wildman–Crippen LogP) is 0.206. The van der Waals surface area contributed by atoms with Crippen molar-refractivity contribution in [3.63, 3.8) is 0 Å². The molecule has 0 atom stereocenters. The van der Waals surface area contributed by atoms with E-state index in [0.29, 0.717) is 18.7 Å². The SMILES string of the molecule is CCCN1C(=O)COc2cc(F)c(-n3ncc(=O)n(C)c3=O)cc21. The van der Waals surface area contributed by atoms with Gasteiger partial charge in [0.1, 0.15) is 17.6 Å². The van der Waals surface area contributed by atoms with Crippen molar-refractivity contribution >= 4 is 11.6 Å². The Balaban J connectivity index is 2.21. The smallest absolute Gasteiger partial charge is 0.352 e. The number of amides is 1. The van der Waals surface area contributed by atoms with Gasteiger partial charge in [-0.25, -0.2) is 9.18 Å². The molecule has 1 aliphatic heterocycles. The van der Waals surface area contributed by atoms with E-state index >= 15 is 0 Å². The summed E-state index contributed by atoms with van der Waals surface area (Å²) in [5, 5.41) is 3.70. The van der Waals surface area contributed by atoms with Crippen LogP contribution >= 0.6 is 0 Å². The number of fused-ring (bicyclic) bond motifs is 1. The van der Waals surface area contributed by atoms with Gasteiger partial charge in [0.05, 0.1) is 5.69 Å². The summed E-state index contributed by atoms with van der Waals surface area (Å²) in [6.45, 7) is 2.19. The molecule has 8 nitrogen and oxygen atoms in total. The van der Waals surface area contributed by atoms with Crippen LogP contribution in [0, 0.1) is 5.82 Å². The van der Waals surface area contributed by atoms with Crippen LogP contribution in [0.25, 0.3) is 5.69 Å². The Hall–Kier alpha value is -2.97. The third kappa shape index (κ3) is 2.47. The van der Waals surface area contributed by atoms with Crippen molar-refractivity contribution < 1.29 is 13.9 Å². The summed E-state index contributed by atoms with van der Waals surface area (Å²) in [5.74, 6) is -0.766. The predicted molar refractivity (Wildman–Crippen MR) is 83.2 cm³/mol. The Bertz CT molecular complexity index is 934. The lowest BCUT2D eigenvalue weighted by atomic mass is 10.2. The van der Waals surface area contributed by atoms with Gasteiger partial charge in [-0.2, -0.15) is 9.78 Å². The summed E-state index contributed by atoms with van der Waals surface area (Å²) in [4.78, 5) is 37.1. The number of aromatic nitrogens is 3. The number of hydrogen-bond donors (Lipinski definition) is 0. The quantitative estimate of drug-likeness (QED) is 0.801. The maximum Gasteiger partial charge on any atom is 0.352 e. The maximum absolute atomic E-state index is 14.4. The van der Waals surface area contributed by atoms with Gasteiger partial charge in [0.15, 0.2) is 12.4 Å². The van der Waals surface area contributed by atoms with Crippen LogP contribution in [0.1, 0.15) is 13.3 Å². The molecule has 0 saturated heterocycles. The number of hydrogen-bond acceptors (Lipinski definition) is 5. The molecule has 0 aliphatic carbocycles. The fourth-order valence-corrected chi connectivity index (χ4v) is 2.49. The lowest BCUT2D eigenvalue weighted by molar-refractivity contribution is -0.121. The molecule has 0 fully saturated rings. The van der Waals surface area contributed by atoms with E-state index in [0.717, 1.165) is 21.5 Å². The normalized spacial score (nSPS) is 13.6. The van der Waals surface area contributed by atoms with Crippen LogP contribution in [0.2, 0.25) is 0 Å². The molecule has 2 heterocycles. The summed E-state index contributed by atoms with van der Waals surface area (Å²) in [6, 6.07) is 2.44. The van der Waals surface area contributed by atoms with E-state index in [1.54, 1.807) is 0 Å². The summed E-state index contributed by atoms with van der Waals surface area (Å²) in [7, 11) is 1.27. The van der Waals surface area contributed by atoms with Crippen LogP contribution in [0.15, 0.2) is 27.9 Å². The second kappa shape index (κ2) is 5.91. The number of ether oxygens (including phenoxy) is 1. The van der Waals surface area contributed by atoms with Gasteiger partial charge in [-0.05, 0) is 12.5 Å². The highest BCUT2D eigenvalue weighted by atomic mass is 19.1. The van der Waals surface area contributed by atoms with Gasteiger partial charge < -0.3 is 9.64 Å². The number of carbonyl (C=O) groups excluding carboxylic acids is 1. The van der Waals surface area contributed by atoms with Crippen molar-refractivity contribution in [1.29, 1.82) is 0 Å². The Morgan fingerprint density at radius 1 is 1.25 bits per heavy atom. The molecule has 0 bridgehead atoms. The standard InChI is InChI=1S/C15H15FN4O4/c1-3-4-19-11-6-10(9(16)5-12(11)24-8-14(19)22)20-15(23)18(2)13(21)7-17-20/h5-7H,3-4,8H2,1-2H3. The van der Waals surface area contributed by atoms with E-state index in [9.17, 15) is 18.8 Å². The maximum atomic E-state index is 14.4. The Morgan fingerprint density at radius 2 is 2.00 bits per heavy atom. The third-order valence-electron chi connectivity index (χ3n) is 3.73. The highest BCUT2D eigenvalue weighted by Gasteiger charge is 2.27. The molecule has 0 saturated carbocycles. The van der Waals surface area contributed by atoms with Crippen LogP contribution in [-0.4, -0.2) is 33.4 Å². The monoisotopic (exact) mass is 334 g/mol. The molecule has 0 N–H and O–H groups in total. The molecule has 126 valence electrons. The number of halogens is 1. The zero-order valence-electron chi connectivity index (χ0n) is 13.2. The molecular weight excluding hydrogens is 319 g/mol. The zero-order valence-corrected chi connectivity index (χ0v) is 13.2. The van der Waals surface area contributed by atoms with Gasteiger partial charge in [0.25, 0.3) is 11.5 Å². The minimum atomic E-state index is -0.786. The first-order valence-electron chi connectivity index (χ1n) is 7.36. The lowest BCUT2D eigenvalue weighted by Gasteiger charge is -2.29. The van der Waals surface area contributed by atoms with Crippen molar-refractivity contribution in [2.45, 2.75) is 13.3 Å². The molecule has 0 spiro atoms. The van der Waals surface area contributed by atoms with Gasteiger partial charge >= 0.3 is 5.69 Å². The summed E-state index contributed by atoms with van der Waals surface area (Å²) in [5.41, 5.74) is -1.17. The average Bonchev–Trinajstić information content (AvgIpc) is 2.56. The number of anilines is 1. The minimum absolute atomic E-state index is 0.159. The summed E-state index contributed by atoms with van der Waals surface area (Å²) < 4.78 is 21.3. The van der Waals surface area contributed by atoms with Crippen molar-refractivity contribution in [2.24, 2.45) is 7.05 Å². The van der Waals surface area contributed by atoms with Crippen molar-refractivity contribution in [1.82, 2.24) is 14.3 Å². The van der Waals surface area contributed by atoms with E-state index in [1.165, 1.54) is 18.0 Å². The zero-order chi connectivity index (χ0) is 17.4. The lowest BCUT2D eigenvalue weighted by Crippen LogP contribution is -2.40. The number of nitrogens with zero attached hydrogens (tertiary/aromatic N) is 4. The van der Waals surface area contributed by atoms with Gasteiger partial charge in [0.2, 0.25) is 0 Å². The van der Waals surface area contributed by atoms with Gasteiger partial charge in [-0.15, -0.1) is 0 Å². The van der Waals surface area contributed by atoms with Crippen LogP contribution < -0.4 is 20.9 Å². The first-order valence-corrected chi connectivity index (χ1v) is 7.36. The molecule has 0 radical (unpaired) electrons. The fraction of sp³-hybridized carbons (Fsp3) is 0.333. The van der Waals surface area contributed by atoms with Crippen molar-refractivity contribution in [2.75, 3.05) is 18.1 Å². The van der Waals surface area contributed by atoms with Crippen LogP contribution in [-0.2, 0) is 11.8 Å². The van der Waals surface area contributed by atoms with Crippen LogP contribution in [0.3, 0.4) is 0 Å². The van der Waals surface area contributed by atoms with Gasteiger partial charge in [0, 0.05) is 19.7 Å². The molecule has 3 rings (SSSR count). The molecule has 0 unspecified atom stereocenters. The van der Waals surface area contributed by atoms with Gasteiger partial charge in [-0.3, -0.25) is 14.2 Å². The molecule has 1 aromatic heterocycles. The molecule has 24 heavy (non-hydrogen) atoms. The van der Waals surface area contributed by atoms with E-state index in [1.807, 2.05) is 6.92 Å². The molecule has 1 aliphatic rings. The minimum Gasteiger partial charge on any atom is -0.481 e. The molecule has 2 aromatic rings. The van der Waals surface area contributed by atoms with Crippen LogP contribution in [0.5, 0.6) is 5.75 Å². The Morgan fingerprint density at radius 3 is 2.71 bits per heavy atom. The number of carbonyl (C=O) groups is 1. The van der Waals surface area contributed by atoms with E-state index < -0.39 is 17.1 Å². The van der Waals surface area contributed by atoms with Crippen molar-refractivity contribution in [3.8, 4) is 11.4 Å². The molecular formula is C15H15FN4O4.